The van der Waals surface area contributed by atoms with Crippen LogP contribution in [0.2, 0.25) is 0 Å². The van der Waals surface area contributed by atoms with E-state index < -0.39 is 5.60 Å². The number of ether oxygens (including phenoxy) is 1. The van der Waals surface area contributed by atoms with E-state index in [4.69, 9.17) is 4.74 Å². The molecule has 4 nitrogen and oxygen atoms in total. The fraction of sp³-hybridized carbons (Fsp3) is 0.316. The molecule has 1 atom stereocenters. The molecule has 0 saturated carbocycles. The average Bonchev–Trinajstić information content (AvgIpc) is 2.59. The predicted octanol–water partition coefficient (Wildman–Crippen LogP) is 4.07. The van der Waals surface area contributed by atoms with Crippen molar-refractivity contribution in [3.05, 3.63) is 65.7 Å². The number of para-hydroxylation sites is 1. The van der Waals surface area contributed by atoms with E-state index >= 15 is 0 Å². The molecule has 0 radical (unpaired) electrons. The Morgan fingerprint density at radius 1 is 1.09 bits per heavy atom. The van der Waals surface area contributed by atoms with E-state index in [2.05, 4.69) is 17.6 Å². The van der Waals surface area contributed by atoms with Crippen LogP contribution in [0.4, 0.5) is 10.5 Å². The number of hydrogen-bond acceptors (Lipinski definition) is 2. The molecule has 2 N–H and O–H groups in total. The number of anilines is 1. The average molecular weight is 312 g/mol. The maximum Gasteiger partial charge on any atom is 0.319 e. The van der Waals surface area contributed by atoms with Gasteiger partial charge in [-0.3, -0.25) is 0 Å². The van der Waals surface area contributed by atoms with Crippen LogP contribution in [0.25, 0.3) is 0 Å². The number of benzene rings is 2. The van der Waals surface area contributed by atoms with Gasteiger partial charge >= 0.3 is 6.03 Å². The Labute approximate surface area is 137 Å². The Morgan fingerprint density at radius 3 is 2.35 bits per heavy atom. The number of amides is 2. The second-order valence-electron chi connectivity index (χ2n) is 5.54. The first-order chi connectivity index (χ1) is 11.1. The molecular weight excluding hydrogens is 288 g/mol. The van der Waals surface area contributed by atoms with Crippen LogP contribution in [0, 0.1) is 6.92 Å². The number of carbonyl (C=O) groups excluding carboxylic acids is 1. The van der Waals surface area contributed by atoms with Gasteiger partial charge in [-0.15, -0.1) is 0 Å². The van der Waals surface area contributed by atoms with Crippen molar-refractivity contribution in [1.82, 2.24) is 5.32 Å². The summed E-state index contributed by atoms with van der Waals surface area (Å²) < 4.78 is 5.76. The van der Waals surface area contributed by atoms with Crippen molar-refractivity contribution < 1.29 is 9.53 Å². The van der Waals surface area contributed by atoms with Gasteiger partial charge in [0.2, 0.25) is 0 Å². The lowest BCUT2D eigenvalue weighted by Gasteiger charge is -2.32. The van der Waals surface area contributed by atoms with Gasteiger partial charge < -0.3 is 15.4 Å². The number of rotatable bonds is 6. The van der Waals surface area contributed by atoms with Crippen molar-refractivity contribution >= 4 is 11.7 Å². The molecule has 0 heterocycles. The van der Waals surface area contributed by atoms with E-state index in [0.717, 1.165) is 23.2 Å². The van der Waals surface area contributed by atoms with E-state index in [0.29, 0.717) is 6.54 Å². The number of nitrogens with one attached hydrogen (secondary N) is 2. The van der Waals surface area contributed by atoms with Gasteiger partial charge in [0.25, 0.3) is 0 Å². The summed E-state index contributed by atoms with van der Waals surface area (Å²) in [5, 5.41) is 5.80. The van der Waals surface area contributed by atoms with Crippen LogP contribution in [0.3, 0.4) is 0 Å². The third-order valence-corrected chi connectivity index (χ3v) is 4.19. The van der Waals surface area contributed by atoms with Crippen molar-refractivity contribution in [1.29, 1.82) is 0 Å². The molecule has 2 amide bonds. The molecule has 2 aromatic rings. The van der Waals surface area contributed by atoms with E-state index in [-0.39, 0.29) is 6.03 Å². The lowest BCUT2D eigenvalue weighted by Crippen LogP contribution is -2.43. The molecule has 4 heteroatoms. The van der Waals surface area contributed by atoms with Crippen LogP contribution in [0.15, 0.2) is 54.6 Å². The Hall–Kier alpha value is -2.33. The molecule has 122 valence electrons. The molecule has 0 unspecified atom stereocenters. The molecular formula is C19H24N2O2. The largest absolute Gasteiger partial charge is 0.372 e. The summed E-state index contributed by atoms with van der Waals surface area (Å²) in [5.74, 6) is 0. The van der Waals surface area contributed by atoms with Crippen molar-refractivity contribution in [2.24, 2.45) is 0 Å². The summed E-state index contributed by atoms with van der Waals surface area (Å²) >= 11 is 0. The van der Waals surface area contributed by atoms with Crippen LogP contribution >= 0.6 is 0 Å². The number of carbonyl (C=O) groups is 1. The number of methoxy groups -OCH3 is 1. The third-order valence-electron chi connectivity index (χ3n) is 4.19. The van der Waals surface area contributed by atoms with Gasteiger partial charge in [0.05, 0.1) is 6.54 Å². The lowest BCUT2D eigenvalue weighted by atomic mass is 9.91. The van der Waals surface area contributed by atoms with Crippen LogP contribution in [-0.2, 0) is 10.3 Å². The summed E-state index contributed by atoms with van der Waals surface area (Å²) in [6.07, 6.45) is 0.762. The fourth-order valence-electron chi connectivity index (χ4n) is 2.61. The molecule has 0 saturated heterocycles. The topological polar surface area (TPSA) is 50.4 Å². The minimum absolute atomic E-state index is 0.231. The first-order valence-corrected chi connectivity index (χ1v) is 7.82. The summed E-state index contributed by atoms with van der Waals surface area (Å²) in [6.45, 7) is 4.42. The number of aryl methyl sites for hydroxylation is 1. The van der Waals surface area contributed by atoms with Gasteiger partial charge in [-0.25, -0.2) is 4.79 Å². The second-order valence-corrected chi connectivity index (χ2v) is 5.54. The van der Waals surface area contributed by atoms with Gasteiger partial charge in [-0.05, 0) is 30.5 Å². The molecule has 2 aromatic carbocycles. The Morgan fingerprint density at radius 2 is 1.74 bits per heavy atom. The zero-order valence-electron chi connectivity index (χ0n) is 13.9. The predicted molar refractivity (Wildman–Crippen MR) is 93.6 cm³/mol. The van der Waals surface area contributed by atoms with E-state index in [9.17, 15) is 4.79 Å². The van der Waals surface area contributed by atoms with Gasteiger partial charge in [0.1, 0.15) is 5.60 Å². The molecule has 0 fully saturated rings. The van der Waals surface area contributed by atoms with Gasteiger partial charge in [-0.1, -0.05) is 55.5 Å². The highest BCUT2D eigenvalue weighted by Crippen LogP contribution is 2.28. The van der Waals surface area contributed by atoms with Gasteiger partial charge in [0, 0.05) is 12.8 Å². The van der Waals surface area contributed by atoms with Crippen molar-refractivity contribution in [3.8, 4) is 0 Å². The van der Waals surface area contributed by atoms with Gasteiger partial charge in [0.15, 0.2) is 0 Å². The first kappa shape index (κ1) is 17.0. The number of hydrogen-bond donors (Lipinski definition) is 2. The highest BCUT2D eigenvalue weighted by molar-refractivity contribution is 5.90. The van der Waals surface area contributed by atoms with Crippen molar-refractivity contribution in [2.75, 3.05) is 19.0 Å². The van der Waals surface area contributed by atoms with Crippen molar-refractivity contribution in [3.63, 3.8) is 0 Å². The Bertz CT molecular complexity index is 637. The zero-order chi connectivity index (χ0) is 16.7. The summed E-state index contributed by atoms with van der Waals surface area (Å²) in [4.78, 5) is 12.2. The highest BCUT2D eigenvalue weighted by Gasteiger charge is 2.30. The normalized spacial score (nSPS) is 13.2. The maximum atomic E-state index is 12.2. The molecule has 23 heavy (non-hydrogen) atoms. The molecule has 0 aliphatic heterocycles. The number of urea groups is 1. The summed E-state index contributed by atoms with van der Waals surface area (Å²) in [5.41, 5.74) is 2.37. The minimum atomic E-state index is -0.523. The minimum Gasteiger partial charge on any atom is -0.372 e. The standard InChI is InChI=1S/C19H24N2O2/c1-4-19(23-3,16-11-6-5-7-12-16)14-20-18(22)21-17-13-9-8-10-15(17)2/h5-13H,4,14H2,1-3H3,(H2,20,21,22)/t19-/m1/s1. The quantitative estimate of drug-likeness (QED) is 0.845. The maximum absolute atomic E-state index is 12.2. The molecule has 0 bridgehead atoms. The molecule has 0 aliphatic carbocycles. The highest BCUT2D eigenvalue weighted by atomic mass is 16.5. The third kappa shape index (κ3) is 4.11. The molecule has 2 rings (SSSR count). The summed E-state index contributed by atoms with van der Waals surface area (Å²) in [6, 6.07) is 17.4. The molecule has 0 aromatic heterocycles. The van der Waals surface area contributed by atoms with Crippen LogP contribution in [-0.4, -0.2) is 19.7 Å². The zero-order valence-corrected chi connectivity index (χ0v) is 13.9. The fourth-order valence-corrected chi connectivity index (χ4v) is 2.61. The van der Waals surface area contributed by atoms with Crippen molar-refractivity contribution in [2.45, 2.75) is 25.9 Å². The molecule has 0 aliphatic rings. The lowest BCUT2D eigenvalue weighted by molar-refractivity contribution is -0.0149. The van der Waals surface area contributed by atoms with E-state index in [1.54, 1.807) is 7.11 Å². The molecule has 0 spiro atoms. The SMILES string of the molecule is CC[C@](CNC(=O)Nc1ccccc1C)(OC)c1ccccc1. The Balaban J connectivity index is 2.05. The van der Waals surface area contributed by atoms with E-state index in [1.165, 1.54) is 0 Å². The van der Waals surface area contributed by atoms with E-state index in [1.807, 2.05) is 61.5 Å². The van der Waals surface area contributed by atoms with Gasteiger partial charge in [-0.2, -0.15) is 0 Å². The van der Waals surface area contributed by atoms with Crippen LogP contribution < -0.4 is 10.6 Å². The Kier molecular flexibility index (Phi) is 5.77. The van der Waals surface area contributed by atoms with Crippen LogP contribution in [0.1, 0.15) is 24.5 Å². The second kappa shape index (κ2) is 7.79. The first-order valence-electron chi connectivity index (χ1n) is 7.82. The smallest absolute Gasteiger partial charge is 0.319 e. The summed E-state index contributed by atoms with van der Waals surface area (Å²) in [7, 11) is 1.68. The monoisotopic (exact) mass is 312 g/mol. The van der Waals surface area contributed by atoms with Crippen LogP contribution in [0.5, 0.6) is 0 Å².